The Morgan fingerprint density at radius 1 is 1.30 bits per heavy atom. The molecule has 0 unspecified atom stereocenters. The number of aromatic nitrogens is 2. The first kappa shape index (κ1) is 15.3. The summed E-state index contributed by atoms with van der Waals surface area (Å²) in [6.07, 6.45) is -0.832. The normalized spacial score (nSPS) is 16.6. The molecule has 0 amide bonds. The summed E-state index contributed by atoms with van der Waals surface area (Å²) >= 11 is 5.67. The molecule has 1 N–H and O–H groups in total. The zero-order valence-electron chi connectivity index (χ0n) is 10.7. The van der Waals surface area contributed by atoms with Crippen LogP contribution in [0.5, 0.6) is 0 Å². The third-order valence-electron chi connectivity index (χ3n) is 3.34. The third-order valence-corrected chi connectivity index (χ3v) is 3.53. The lowest BCUT2D eigenvalue weighted by atomic mass is 10.2. The molecule has 4 nitrogen and oxygen atoms in total. The van der Waals surface area contributed by atoms with Crippen molar-refractivity contribution in [2.24, 2.45) is 0 Å². The highest BCUT2D eigenvalue weighted by atomic mass is 35.5. The Morgan fingerprint density at radius 2 is 1.95 bits per heavy atom. The molecule has 1 aliphatic rings. The van der Waals surface area contributed by atoms with E-state index < -0.39 is 12.0 Å². The van der Waals surface area contributed by atoms with E-state index in [2.05, 4.69) is 9.97 Å². The summed E-state index contributed by atoms with van der Waals surface area (Å²) in [6.45, 7) is 0.0782. The number of alkyl halides is 3. The van der Waals surface area contributed by atoms with Crippen molar-refractivity contribution < 1.29 is 18.3 Å². The van der Waals surface area contributed by atoms with Gasteiger partial charge in [0.2, 0.25) is 5.82 Å². The molecule has 1 fully saturated rings. The van der Waals surface area contributed by atoms with E-state index in [0.29, 0.717) is 0 Å². The fourth-order valence-corrected chi connectivity index (χ4v) is 2.67. The summed E-state index contributed by atoms with van der Waals surface area (Å²) in [7, 11) is 0. The van der Waals surface area contributed by atoms with Gasteiger partial charge in [-0.05, 0) is 12.8 Å². The highest BCUT2D eigenvalue weighted by molar-refractivity contribution is 6.29. The van der Waals surface area contributed by atoms with Crippen LogP contribution in [0.1, 0.15) is 31.5 Å². The smallest absolute Gasteiger partial charge is 0.395 e. The average molecular weight is 310 g/mol. The Bertz CT molecular complexity index is 464. The number of aliphatic hydroxyl groups is 1. The van der Waals surface area contributed by atoms with E-state index in [1.54, 1.807) is 4.90 Å². The van der Waals surface area contributed by atoms with E-state index >= 15 is 0 Å². The Morgan fingerprint density at radius 3 is 2.50 bits per heavy atom. The highest BCUT2D eigenvalue weighted by Crippen LogP contribution is 2.32. The molecule has 0 saturated heterocycles. The van der Waals surface area contributed by atoms with Gasteiger partial charge in [-0.15, -0.1) is 0 Å². The van der Waals surface area contributed by atoms with Crippen LogP contribution < -0.4 is 4.90 Å². The van der Waals surface area contributed by atoms with Crippen molar-refractivity contribution in [3.63, 3.8) is 0 Å². The number of hydrogen-bond acceptors (Lipinski definition) is 4. The van der Waals surface area contributed by atoms with E-state index in [0.717, 1.165) is 25.7 Å². The molecule has 1 aromatic heterocycles. The van der Waals surface area contributed by atoms with Crippen LogP contribution in [0.2, 0.25) is 5.15 Å². The van der Waals surface area contributed by atoms with Gasteiger partial charge in [0, 0.05) is 18.7 Å². The Kier molecular flexibility index (Phi) is 4.70. The molecule has 0 spiro atoms. The van der Waals surface area contributed by atoms with Gasteiger partial charge in [-0.1, -0.05) is 24.4 Å². The largest absolute Gasteiger partial charge is 0.451 e. The molecule has 1 heterocycles. The maximum Gasteiger partial charge on any atom is 0.451 e. The predicted octanol–water partition coefficient (Wildman–Crippen LogP) is 2.89. The molecule has 1 saturated carbocycles. The molecule has 0 aromatic carbocycles. The lowest BCUT2D eigenvalue weighted by molar-refractivity contribution is -0.144. The molecule has 0 bridgehead atoms. The molecule has 1 aliphatic carbocycles. The van der Waals surface area contributed by atoms with Crippen molar-refractivity contribution in [2.75, 3.05) is 18.1 Å². The van der Waals surface area contributed by atoms with Gasteiger partial charge in [-0.2, -0.15) is 13.2 Å². The van der Waals surface area contributed by atoms with Crippen molar-refractivity contribution in [1.29, 1.82) is 0 Å². The Hall–Kier alpha value is -1.08. The van der Waals surface area contributed by atoms with Crippen LogP contribution in [-0.4, -0.2) is 34.3 Å². The van der Waals surface area contributed by atoms with Gasteiger partial charge in [0.05, 0.1) is 6.61 Å². The highest BCUT2D eigenvalue weighted by Gasteiger charge is 2.36. The van der Waals surface area contributed by atoms with E-state index in [1.165, 1.54) is 6.07 Å². The average Bonchev–Trinajstić information content (AvgIpc) is 2.87. The maximum atomic E-state index is 12.7. The molecule has 0 aliphatic heterocycles. The monoisotopic (exact) mass is 309 g/mol. The van der Waals surface area contributed by atoms with E-state index in [4.69, 9.17) is 16.7 Å². The van der Waals surface area contributed by atoms with Crippen molar-refractivity contribution in [3.8, 4) is 0 Å². The summed E-state index contributed by atoms with van der Waals surface area (Å²) in [6, 6.07) is 1.40. The molecular formula is C12H15ClF3N3O. The standard InChI is InChI=1S/C12H15ClF3N3O/c13-9-7-10(18-11(17-9)12(14,15)16)19(5-6-20)8-3-1-2-4-8/h7-8,20H,1-6H2. The minimum atomic E-state index is -4.64. The van der Waals surface area contributed by atoms with Gasteiger partial charge >= 0.3 is 6.18 Å². The summed E-state index contributed by atoms with van der Waals surface area (Å²) in [5, 5.41) is 8.87. The Balaban J connectivity index is 2.34. The van der Waals surface area contributed by atoms with Gasteiger partial charge in [0.15, 0.2) is 0 Å². The summed E-state index contributed by atoms with van der Waals surface area (Å²) in [5.74, 6) is -1.13. The molecule has 1 aromatic rings. The second-order valence-electron chi connectivity index (χ2n) is 4.73. The van der Waals surface area contributed by atoms with E-state index in [-0.39, 0.29) is 30.2 Å². The van der Waals surface area contributed by atoms with Crippen LogP contribution in [0.3, 0.4) is 0 Å². The van der Waals surface area contributed by atoms with Crippen LogP contribution in [0, 0.1) is 0 Å². The van der Waals surface area contributed by atoms with Crippen molar-refractivity contribution in [1.82, 2.24) is 9.97 Å². The zero-order valence-corrected chi connectivity index (χ0v) is 11.5. The van der Waals surface area contributed by atoms with Crippen LogP contribution >= 0.6 is 11.6 Å². The van der Waals surface area contributed by atoms with Crippen LogP contribution in [0.25, 0.3) is 0 Å². The maximum absolute atomic E-state index is 12.7. The molecule has 20 heavy (non-hydrogen) atoms. The fourth-order valence-electron chi connectivity index (χ4n) is 2.49. The van der Waals surface area contributed by atoms with Crippen LogP contribution in [-0.2, 0) is 6.18 Å². The number of rotatable bonds is 4. The first-order chi connectivity index (χ1) is 9.41. The molecule has 0 atom stereocenters. The van der Waals surface area contributed by atoms with Gasteiger partial charge in [-0.3, -0.25) is 0 Å². The SMILES string of the molecule is OCCN(c1cc(Cl)nc(C(F)(F)F)n1)C1CCCC1. The van der Waals surface area contributed by atoms with E-state index in [9.17, 15) is 13.2 Å². The van der Waals surface area contributed by atoms with E-state index in [1.807, 2.05) is 0 Å². The van der Waals surface area contributed by atoms with Crippen molar-refractivity contribution >= 4 is 17.4 Å². The van der Waals surface area contributed by atoms with Gasteiger partial charge < -0.3 is 10.0 Å². The first-order valence-corrected chi connectivity index (χ1v) is 6.79. The van der Waals surface area contributed by atoms with Crippen molar-refractivity contribution in [2.45, 2.75) is 37.9 Å². The number of nitrogens with zero attached hydrogens (tertiary/aromatic N) is 3. The third kappa shape index (κ3) is 3.52. The predicted molar refractivity (Wildman–Crippen MR) is 68.7 cm³/mol. The van der Waals surface area contributed by atoms with Gasteiger partial charge in [-0.25, -0.2) is 9.97 Å². The first-order valence-electron chi connectivity index (χ1n) is 6.41. The van der Waals surface area contributed by atoms with Crippen LogP contribution in [0.4, 0.5) is 19.0 Å². The molecule has 112 valence electrons. The summed E-state index contributed by atoms with van der Waals surface area (Å²) in [5.41, 5.74) is 0. The quantitative estimate of drug-likeness (QED) is 0.869. The summed E-state index contributed by atoms with van der Waals surface area (Å²) < 4.78 is 38.2. The summed E-state index contributed by atoms with van der Waals surface area (Å²) in [4.78, 5) is 8.47. The minimum absolute atomic E-state index is 0.0919. The Labute approximate surface area is 119 Å². The topological polar surface area (TPSA) is 49.2 Å². The molecule has 0 radical (unpaired) electrons. The zero-order chi connectivity index (χ0) is 14.8. The number of hydrogen-bond donors (Lipinski definition) is 1. The minimum Gasteiger partial charge on any atom is -0.395 e. The fraction of sp³-hybridized carbons (Fsp3) is 0.667. The second-order valence-corrected chi connectivity index (χ2v) is 5.11. The lowest BCUT2D eigenvalue weighted by Gasteiger charge is -2.29. The van der Waals surface area contributed by atoms with Crippen LogP contribution in [0.15, 0.2) is 6.07 Å². The number of aliphatic hydroxyl groups excluding tert-OH is 1. The number of halogens is 4. The molecular weight excluding hydrogens is 295 g/mol. The van der Waals surface area contributed by atoms with Crippen molar-refractivity contribution in [3.05, 3.63) is 17.0 Å². The van der Waals surface area contributed by atoms with Gasteiger partial charge in [0.1, 0.15) is 11.0 Å². The molecule has 2 rings (SSSR count). The number of anilines is 1. The lowest BCUT2D eigenvalue weighted by Crippen LogP contribution is -2.36. The molecule has 8 heteroatoms. The van der Waals surface area contributed by atoms with Gasteiger partial charge in [0.25, 0.3) is 0 Å². The second kappa shape index (κ2) is 6.13.